The van der Waals surface area contributed by atoms with E-state index >= 15 is 0 Å². The molecule has 1 spiro atoms. The van der Waals surface area contributed by atoms with Gasteiger partial charge in [0.05, 0.1) is 25.7 Å². The molecule has 0 aromatic carbocycles. The second-order valence-corrected chi connectivity index (χ2v) is 6.61. The second-order valence-electron chi connectivity index (χ2n) is 6.61. The van der Waals surface area contributed by atoms with Crippen molar-refractivity contribution in [3.05, 3.63) is 18.1 Å². The Morgan fingerprint density at radius 1 is 1.44 bits per heavy atom. The molecule has 1 atom stereocenters. The lowest BCUT2D eigenvalue weighted by atomic mass is 9.84. The van der Waals surface area contributed by atoms with Gasteiger partial charge in [-0.2, -0.15) is 0 Å². The maximum absolute atomic E-state index is 11.7. The van der Waals surface area contributed by atoms with Crippen molar-refractivity contribution in [2.24, 2.45) is 5.92 Å². The number of ether oxygens (including phenoxy) is 3. The highest BCUT2D eigenvalue weighted by molar-refractivity contribution is 5.97. The number of nitrogens with zero attached hydrogens (tertiary/aromatic N) is 2. The highest BCUT2D eigenvalue weighted by Gasteiger charge is 2.41. The number of carbonyl (C=O) groups is 1. The molecule has 0 bridgehead atoms. The number of esters is 1. The number of nitrogens with one attached hydrogen (secondary N) is 2. The number of fused-ring (bicyclic) bond motifs is 1. The monoisotopic (exact) mass is 346 g/mol. The van der Waals surface area contributed by atoms with Crippen molar-refractivity contribution in [3.63, 3.8) is 0 Å². The van der Waals surface area contributed by atoms with E-state index < -0.39 is 5.97 Å². The molecule has 2 aliphatic rings. The summed E-state index contributed by atoms with van der Waals surface area (Å²) < 4.78 is 16.4. The van der Waals surface area contributed by atoms with Crippen molar-refractivity contribution >= 4 is 22.8 Å². The van der Waals surface area contributed by atoms with Crippen molar-refractivity contribution < 1.29 is 19.0 Å². The van der Waals surface area contributed by atoms with Gasteiger partial charge in [0.15, 0.2) is 5.79 Å². The fourth-order valence-electron chi connectivity index (χ4n) is 3.78. The van der Waals surface area contributed by atoms with Gasteiger partial charge in [-0.15, -0.1) is 0 Å². The Hall–Kier alpha value is -2.19. The predicted octanol–water partition coefficient (Wildman–Crippen LogP) is 2.09. The number of H-pyrrole nitrogens is 1. The first-order valence-electron chi connectivity index (χ1n) is 8.63. The molecule has 4 rings (SSSR count). The second kappa shape index (κ2) is 6.61. The predicted molar refractivity (Wildman–Crippen MR) is 90.3 cm³/mol. The van der Waals surface area contributed by atoms with E-state index in [1.165, 1.54) is 13.4 Å². The summed E-state index contributed by atoms with van der Waals surface area (Å²) in [5, 5.41) is 4.18. The van der Waals surface area contributed by atoms with Crippen molar-refractivity contribution in [1.82, 2.24) is 15.0 Å². The molecular weight excluding hydrogens is 324 g/mol. The zero-order chi connectivity index (χ0) is 17.3. The van der Waals surface area contributed by atoms with E-state index in [-0.39, 0.29) is 5.79 Å². The van der Waals surface area contributed by atoms with Crippen molar-refractivity contribution in [2.75, 3.05) is 32.2 Å². The molecule has 25 heavy (non-hydrogen) atoms. The van der Waals surface area contributed by atoms with E-state index in [1.54, 1.807) is 6.07 Å². The zero-order valence-corrected chi connectivity index (χ0v) is 14.2. The maximum Gasteiger partial charge on any atom is 0.354 e. The number of anilines is 1. The fraction of sp³-hybridized carbons (Fsp3) is 0.588. The first-order chi connectivity index (χ1) is 12.2. The summed E-state index contributed by atoms with van der Waals surface area (Å²) in [4.78, 5) is 23.2. The molecule has 1 saturated heterocycles. The van der Waals surface area contributed by atoms with Crippen LogP contribution < -0.4 is 5.32 Å². The van der Waals surface area contributed by atoms with Crippen molar-refractivity contribution in [2.45, 2.75) is 31.5 Å². The molecule has 1 aliphatic carbocycles. The van der Waals surface area contributed by atoms with Crippen LogP contribution in [0.3, 0.4) is 0 Å². The fourth-order valence-corrected chi connectivity index (χ4v) is 3.78. The van der Waals surface area contributed by atoms with Crippen LogP contribution in [0.4, 0.5) is 5.82 Å². The van der Waals surface area contributed by atoms with Gasteiger partial charge in [-0.05, 0) is 24.8 Å². The summed E-state index contributed by atoms with van der Waals surface area (Å²) in [5.41, 5.74) is 0.978. The molecule has 8 nitrogen and oxygen atoms in total. The minimum atomic E-state index is -0.422. The number of rotatable bonds is 4. The number of methoxy groups -OCH3 is 1. The topological polar surface area (TPSA) is 98.4 Å². The molecule has 0 amide bonds. The van der Waals surface area contributed by atoms with Gasteiger partial charge in [0.2, 0.25) is 0 Å². The summed E-state index contributed by atoms with van der Waals surface area (Å²) in [7, 11) is 1.35. The van der Waals surface area contributed by atoms with E-state index in [0.717, 1.165) is 37.6 Å². The lowest BCUT2D eigenvalue weighted by Crippen LogP contribution is -2.38. The number of hydrogen-bond donors (Lipinski definition) is 2. The molecule has 0 radical (unpaired) electrons. The Labute approximate surface area is 145 Å². The average Bonchev–Trinajstić information content (AvgIpc) is 3.26. The maximum atomic E-state index is 11.7. The molecule has 1 unspecified atom stereocenters. The number of carbonyl (C=O) groups excluding carboxylic acids is 1. The average molecular weight is 346 g/mol. The summed E-state index contributed by atoms with van der Waals surface area (Å²) >= 11 is 0. The molecule has 2 fully saturated rings. The third kappa shape index (κ3) is 3.19. The van der Waals surface area contributed by atoms with Crippen LogP contribution in [-0.4, -0.2) is 53.6 Å². The Bertz CT molecular complexity index is 769. The molecule has 134 valence electrons. The van der Waals surface area contributed by atoms with Crippen molar-refractivity contribution in [3.8, 4) is 0 Å². The zero-order valence-electron chi connectivity index (χ0n) is 14.2. The lowest BCUT2D eigenvalue weighted by Gasteiger charge is -2.36. The highest BCUT2D eigenvalue weighted by atomic mass is 16.7. The van der Waals surface area contributed by atoms with Crippen molar-refractivity contribution in [1.29, 1.82) is 0 Å². The van der Waals surface area contributed by atoms with Crippen LogP contribution in [-0.2, 0) is 14.2 Å². The molecule has 3 heterocycles. The van der Waals surface area contributed by atoms with Crippen LogP contribution in [0, 0.1) is 5.92 Å². The molecule has 2 aromatic heterocycles. The molecule has 2 N–H and O–H groups in total. The Kier molecular flexibility index (Phi) is 4.30. The van der Waals surface area contributed by atoms with E-state index in [1.807, 2.05) is 0 Å². The highest BCUT2D eigenvalue weighted by Crippen LogP contribution is 2.38. The molecule has 1 aliphatic heterocycles. The van der Waals surface area contributed by atoms with Gasteiger partial charge < -0.3 is 24.5 Å². The van der Waals surface area contributed by atoms with Crippen LogP contribution in [0.1, 0.15) is 36.2 Å². The number of aromatic nitrogens is 3. The van der Waals surface area contributed by atoms with E-state index in [4.69, 9.17) is 14.2 Å². The van der Waals surface area contributed by atoms with Crippen LogP contribution >= 0.6 is 0 Å². The Morgan fingerprint density at radius 2 is 2.28 bits per heavy atom. The third-order valence-corrected chi connectivity index (χ3v) is 4.97. The van der Waals surface area contributed by atoms with Crippen LogP contribution in [0.15, 0.2) is 12.4 Å². The Morgan fingerprint density at radius 3 is 3.08 bits per heavy atom. The van der Waals surface area contributed by atoms with Crippen LogP contribution in [0.2, 0.25) is 0 Å². The Balaban J connectivity index is 1.47. The lowest BCUT2D eigenvalue weighted by molar-refractivity contribution is -0.185. The molecular formula is C17H22N4O4. The van der Waals surface area contributed by atoms with Gasteiger partial charge in [0.25, 0.3) is 0 Å². The van der Waals surface area contributed by atoms with Gasteiger partial charge in [-0.3, -0.25) is 0 Å². The molecule has 8 heteroatoms. The largest absolute Gasteiger partial charge is 0.464 e. The van der Waals surface area contributed by atoms with Gasteiger partial charge in [0, 0.05) is 19.4 Å². The summed E-state index contributed by atoms with van der Waals surface area (Å²) in [6, 6.07) is 1.72. The quantitative estimate of drug-likeness (QED) is 0.818. The standard InChI is InChI=1S/C17H22N4O4/c1-23-16(22)13-7-12-14(19-10-20-15(12)21-13)18-9-11-3-2-4-17(8-11)24-5-6-25-17/h7,10-11H,2-6,8-9H2,1H3,(H2,18,19,20,21). The normalized spacial score (nSPS) is 22.4. The summed E-state index contributed by atoms with van der Waals surface area (Å²) in [5.74, 6) is 0.367. The first-order valence-corrected chi connectivity index (χ1v) is 8.63. The van der Waals surface area contributed by atoms with Gasteiger partial charge in [-0.25, -0.2) is 14.8 Å². The van der Waals surface area contributed by atoms with Crippen LogP contribution in [0.5, 0.6) is 0 Å². The SMILES string of the molecule is COC(=O)c1cc2c(NCC3CCCC4(C3)OCCO4)ncnc2[nH]1. The first kappa shape index (κ1) is 16.3. The molecule has 1 saturated carbocycles. The van der Waals surface area contributed by atoms with E-state index in [2.05, 4.69) is 20.3 Å². The number of aromatic amines is 1. The van der Waals surface area contributed by atoms with Gasteiger partial charge >= 0.3 is 5.97 Å². The third-order valence-electron chi connectivity index (χ3n) is 4.97. The van der Waals surface area contributed by atoms with Gasteiger partial charge in [-0.1, -0.05) is 0 Å². The van der Waals surface area contributed by atoms with Gasteiger partial charge in [0.1, 0.15) is 23.5 Å². The smallest absolute Gasteiger partial charge is 0.354 e. The van der Waals surface area contributed by atoms with E-state index in [0.29, 0.717) is 36.3 Å². The van der Waals surface area contributed by atoms with Crippen LogP contribution in [0.25, 0.3) is 11.0 Å². The summed E-state index contributed by atoms with van der Waals surface area (Å²) in [6.07, 6.45) is 5.59. The number of hydrogen-bond acceptors (Lipinski definition) is 7. The van der Waals surface area contributed by atoms with E-state index in [9.17, 15) is 4.79 Å². The minimum Gasteiger partial charge on any atom is -0.464 e. The summed E-state index contributed by atoms with van der Waals surface area (Å²) in [6.45, 7) is 2.15. The molecule has 2 aromatic rings. The minimum absolute atomic E-state index is 0.366.